The number of hydrogen-bond acceptors (Lipinski definition) is 4. The maximum Gasteiger partial charge on any atom is 0.230 e. The fraction of sp³-hybridized carbons (Fsp3) is 0.529. The first-order chi connectivity index (χ1) is 10.6. The molecule has 4 nitrogen and oxygen atoms in total. The van der Waals surface area contributed by atoms with Crippen molar-refractivity contribution in [2.45, 2.75) is 12.8 Å². The van der Waals surface area contributed by atoms with E-state index in [0.717, 1.165) is 19.6 Å². The lowest BCUT2D eigenvalue weighted by molar-refractivity contribution is -0.118. The zero-order valence-corrected chi connectivity index (χ0v) is 13.9. The van der Waals surface area contributed by atoms with Gasteiger partial charge < -0.3 is 10.2 Å². The number of nitrogens with one attached hydrogen (secondary N) is 1. The van der Waals surface area contributed by atoms with E-state index in [1.165, 1.54) is 24.6 Å². The highest BCUT2D eigenvalue weighted by Gasteiger charge is 2.17. The fourth-order valence-corrected chi connectivity index (χ4v) is 3.43. The summed E-state index contributed by atoms with van der Waals surface area (Å²) in [6.45, 7) is 2.96. The SMILES string of the molecule is CN1CCCC(CNC(=O)CSCC(=O)c2ccccc2)C1. The molecule has 22 heavy (non-hydrogen) atoms. The standard InChI is InChI=1S/C17H24N2O2S/c1-19-9-5-6-14(11-19)10-18-17(21)13-22-12-16(20)15-7-3-2-4-8-15/h2-4,7-8,14H,5-6,9-13H2,1H3,(H,18,21). The van der Waals surface area contributed by atoms with Crippen molar-refractivity contribution in [3.05, 3.63) is 35.9 Å². The molecule has 1 aliphatic rings. The van der Waals surface area contributed by atoms with Gasteiger partial charge in [-0.25, -0.2) is 0 Å². The molecule has 0 aromatic heterocycles. The van der Waals surface area contributed by atoms with Crippen molar-refractivity contribution >= 4 is 23.5 Å². The molecule has 0 bridgehead atoms. The maximum absolute atomic E-state index is 11.9. The van der Waals surface area contributed by atoms with Crippen LogP contribution in [0.25, 0.3) is 0 Å². The Morgan fingerprint density at radius 3 is 2.77 bits per heavy atom. The van der Waals surface area contributed by atoms with Gasteiger partial charge in [-0.2, -0.15) is 0 Å². The molecule has 1 aliphatic heterocycles. The van der Waals surface area contributed by atoms with E-state index in [0.29, 0.717) is 23.0 Å². The number of benzene rings is 1. The van der Waals surface area contributed by atoms with Gasteiger partial charge in [0.1, 0.15) is 0 Å². The second kappa shape index (κ2) is 8.96. The molecule has 1 saturated heterocycles. The van der Waals surface area contributed by atoms with Crippen molar-refractivity contribution in [3.8, 4) is 0 Å². The molecule has 1 atom stereocenters. The van der Waals surface area contributed by atoms with E-state index in [9.17, 15) is 9.59 Å². The predicted octanol–water partition coefficient (Wildman–Crippen LogP) is 2.06. The molecule has 1 fully saturated rings. The van der Waals surface area contributed by atoms with Gasteiger partial charge in [0.05, 0.1) is 11.5 Å². The molecule has 0 aliphatic carbocycles. The first-order valence-corrected chi connectivity index (χ1v) is 8.92. The number of ketones is 1. The van der Waals surface area contributed by atoms with Crippen LogP contribution >= 0.6 is 11.8 Å². The minimum atomic E-state index is 0.0269. The predicted molar refractivity (Wildman–Crippen MR) is 91.3 cm³/mol. The Hall–Kier alpha value is -1.33. The summed E-state index contributed by atoms with van der Waals surface area (Å²) in [6, 6.07) is 9.21. The summed E-state index contributed by atoms with van der Waals surface area (Å²) in [5.74, 6) is 1.36. The molecule has 2 rings (SSSR count). The number of Topliss-reactive ketones (excluding diaryl/α,β-unsaturated/α-hetero) is 1. The molecule has 1 aromatic rings. The van der Waals surface area contributed by atoms with E-state index >= 15 is 0 Å². The summed E-state index contributed by atoms with van der Waals surface area (Å²) >= 11 is 1.38. The number of rotatable bonds is 7. The van der Waals surface area contributed by atoms with Crippen LogP contribution in [-0.2, 0) is 4.79 Å². The highest BCUT2D eigenvalue weighted by Crippen LogP contribution is 2.14. The van der Waals surface area contributed by atoms with Crippen molar-refractivity contribution in [1.82, 2.24) is 10.2 Å². The van der Waals surface area contributed by atoms with Gasteiger partial charge >= 0.3 is 0 Å². The Kier molecular flexibility index (Phi) is 6.93. The van der Waals surface area contributed by atoms with Gasteiger partial charge in [0.25, 0.3) is 0 Å². The highest BCUT2D eigenvalue weighted by atomic mass is 32.2. The van der Waals surface area contributed by atoms with Gasteiger partial charge in [-0.3, -0.25) is 9.59 Å². The molecule has 0 saturated carbocycles. The molecule has 1 N–H and O–H groups in total. The van der Waals surface area contributed by atoms with Crippen LogP contribution < -0.4 is 5.32 Å². The Morgan fingerprint density at radius 2 is 2.05 bits per heavy atom. The highest BCUT2D eigenvalue weighted by molar-refractivity contribution is 8.00. The van der Waals surface area contributed by atoms with Crippen molar-refractivity contribution < 1.29 is 9.59 Å². The normalized spacial score (nSPS) is 18.9. The third-order valence-electron chi connectivity index (χ3n) is 3.87. The van der Waals surface area contributed by atoms with Gasteiger partial charge in [0.15, 0.2) is 5.78 Å². The first kappa shape index (κ1) is 17.0. The number of hydrogen-bond donors (Lipinski definition) is 1. The zero-order valence-electron chi connectivity index (χ0n) is 13.1. The molecule has 1 heterocycles. The Bertz CT molecular complexity index is 493. The van der Waals surface area contributed by atoms with Gasteiger partial charge in [-0.1, -0.05) is 30.3 Å². The second-order valence-electron chi connectivity index (χ2n) is 5.86. The zero-order chi connectivity index (χ0) is 15.8. The van der Waals surface area contributed by atoms with Crippen LogP contribution in [0.4, 0.5) is 0 Å². The van der Waals surface area contributed by atoms with Crippen molar-refractivity contribution in [2.24, 2.45) is 5.92 Å². The van der Waals surface area contributed by atoms with Gasteiger partial charge in [0, 0.05) is 18.7 Å². The molecule has 5 heteroatoms. The van der Waals surface area contributed by atoms with E-state index in [2.05, 4.69) is 17.3 Å². The molecule has 0 spiro atoms. The summed E-state index contributed by atoms with van der Waals surface area (Å²) in [6.07, 6.45) is 2.39. The largest absolute Gasteiger partial charge is 0.355 e. The monoisotopic (exact) mass is 320 g/mol. The number of piperidine rings is 1. The van der Waals surface area contributed by atoms with Crippen molar-refractivity contribution in [1.29, 1.82) is 0 Å². The summed E-state index contributed by atoms with van der Waals surface area (Å²) in [4.78, 5) is 26.1. The number of nitrogens with zero attached hydrogens (tertiary/aromatic N) is 1. The summed E-state index contributed by atoms with van der Waals surface area (Å²) in [7, 11) is 2.12. The number of carbonyl (C=O) groups is 2. The fourth-order valence-electron chi connectivity index (χ4n) is 2.69. The number of thioether (sulfide) groups is 1. The van der Waals surface area contributed by atoms with Crippen LogP contribution in [-0.4, -0.2) is 54.8 Å². The minimum Gasteiger partial charge on any atom is -0.355 e. The van der Waals surface area contributed by atoms with Crippen LogP contribution in [0.15, 0.2) is 30.3 Å². The lowest BCUT2D eigenvalue weighted by Crippen LogP contribution is -2.39. The van der Waals surface area contributed by atoms with E-state index in [4.69, 9.17) is 0 Å². The molecule has 0 radical (unpaired) electrons. The average molecular weight is 320 g/mol. The van der Waals surface area contributed by atoms with Crippen molar-refractivity contribution in [3.63, 3.8) is 0 Å². The second-order valence-corrected chi connectivity index (χ2v) is 6.84. The van der Waals surface area contributed by atoms with Crippen LogP contribution in [0, 0.1) is 5.92 Å². The quantitative estimate of drug-likeness (QED) is 0.781. The van der Waals surface area contributed by atoms with E-state index in [-0.39, 0.29) is 11.7 Å². The summed E-state index contributed by atoms with van der Waals surface area (Å²) in [5, 5.41) is 2.99. The first-order valence-electron chi connectivity index (χ1n) is 7.76. The van der Waals surface area contributed by atoms with Crippen LogP contribution in [0.3, 0.4) is 0 Å². The van der Waals surface area contributed by atoms with E-state index in [1.54, 1.807) is 0 Å². The molecule has 1 aromatic carbocycles. The van der Waals surface area contributed by atoms with E-state index in [1.807, 2.05) is 30.3 Å². The maximum atomic E-state index is 11.9. The molecule has 1 unspecified atom stereocenters. The van der Waals surface area contributed by atoms with Gasteiger partial charge in [-0.15, -0.1) is 11.8 Å². The molecule has 1 amide bonds. The topological polar surface area (TPSA) is 49.4 Å². The third kappa shape index (κ3) is 5.81. The summed E-state index contributed by atoms with van der Waals surface area (Å²) < 4.78 is 0. The Labute approximate surface area is 136 Å². The van der Waals surface area contributed by atoms with Crippen LogP contribution in [0.5, 0.6) is 0 Å². The lowest BCUT2D eigenvalue weighted by atomic mass is 9.98. The van der Waals surface area contributed by atoms with Gasteiger partial charge in [0.2, 0.25) is 5.91 Å². The lowest BCUT2D eigenvalue weighted by Gasteiger charge is -2.29. The Balaban J connectivity index is 1.60. The van der Waals surface area contributed by atoms with Crippen LogP contribution in [0.1, 0.15) is 23.2 Å². The van der Waals surface area contributed by atoms with Crippen molar-refractivity contribution in [2.75, 3.05) is 38.2 Å². The van der Waals surface area contributed by atoms with Gasteiger partial charge in [-0.05, 0) is 32.4 Å². The molecular formula is C17H24N2O2S. The number of carbonyl (C=O) groups excluding carboxylic acids is 2. The van der Waals surface area contributed by atoms with Crippen LogP contribution in [0.2, 0.25) is 0 Å². The molecule has 120 valence electrons. The minimum absolute atomic E-state index is 0.0269. The Morgan fingerprint density at radius 1 is 1.27 bits per heavy atom. The third-order valence-corrected chi connectivity index (χ3v) is 4.80. The average Bonchev–Trinajstić information content (AvgIpc) is 2.54. The molecular weight excluding hydrogens is 296 g/mol. The number of amides is 1. The smallest absolute Gasteiger partial charge is 0.230 e. The number of likely N-dealkylation sites (tertiary alicyclic amines) is 1. The summed E-state index contributed by atoms with van der Waals surface area (Å²) in [5.41, 5.74) is 0.709. The van der Waals surface area contributed by atoms with E-state index < -0.39 is 0 Å².